The van der Waals surface area contributed by atoms with Gasteiger partial charge in [-0.1, -0.05) is 41.5 Å². The van der Waals surface area contributed by atoms with Crippen molar-refractivity contribution < 1.29 is 124 Å². The zero-order chi connectivity index (χ0) is 60.6. The monoisotopic (exact) mass is 1200 g/mol. The summed E-state index contributed by atoms with van der Waals surface area (Å²) in [5.74, 6) is -0.438. The van der Waals surface area contributed by atoms with Crippen LogP contribution in [0.4, 0.5) is 0 Å². The molecule has 0 radical (unpaired) electrons. The van der Waals surface area contributed by atoms with Gasteiger partial charge in [-0.05, 0) is 105 Å². The van der Waals surface area contributed by atoms with E-state index in [1.807, 2.05) is 0 Å². The molecule has 7 saturated carbocycles. The van der Waals surface area contributed by atoms with E-state index in [4.69, 9.17) is 47.5 Å². The third-order valence-corrected chi connectivity index (χ3v) is 24.7. The second kappa shape index (κ2) is 23.4. The molecule has 0 aromatic carbocycles. The molecule has 2 bridgehead atoms. The zero-order valence-electron chi connectivity index (χ0n) is 49.1. The van der Waals surface area contributed by atoms with Crippen molar-refractivity contribution in [2.45, 2.75) is 272 Å². The van der Waals surface area contributed by atoms with Crippen molar-refractivity contribution >= 4 is 6.29 Å². The van der Waals surface area contributed by atoms with Crippen molar-refractivity contribution in [3.05, 3.63) is 0 Å². The highest BCUT2D eigenvalue weighted by Gasteiger charge is 2.80. The molecule has 4 aliphatic heterocycles. The number of hydrogen-bond donors (Lipinski definition) is 14. The summed E-state index contributed by atoms with van der Waals surface area (Å²) >= 11 is 0. The summed E-state index contributed by atoms with van der Waals surface area (Å²) in [5, 5.41) is 153. The molecule has 14 N–H and O–H groups in total. The van der Waals surface area contributed by atoms with E-state index in [1.165, 1.54) is 0 Å². The van der Waals surface area contributed by atoms with E-state index in [0.29, 0.717) is 25.9 Å². The van der Waals surface area contributed by atoms with E-state index in [9.17, 15) is 76.4 Å². The number of hydrogen-bond acceptors (Lipinski definition) is 25. The van der Waals surface area contributed by atoms with Gasteiger partial charge in [0.25, 0.3) is 0 Å². The van der Waals surface area contributed by atoms with Crippen molar-refractivity contribution in [3.63, 3.8) is 0 Å². The second-order valence-corrected chi connectivity index (χ2v) is 29.2. The summed E-state index contributed by atoms with van der Waals surface area (Å²) in [4.78, 5) is 17.5. The van der Waals surface area contributed by atoms with Crippen LogP contribution < -0.4 is 0 Å². The first-order chi connectivity index (χ1) is 39.6. The molecule has 7 aliphatic carbocycles. The maximum absolute atomic E-state index is 12.6. The predicted molar refractivity (Wildman–Crippen MR) is 285 cm³/mol. The summed E-state index contributed by atoms with van der Waals surface area (Å²) in [5.41, 5.74) is -2.64. The van der Waals surface area contributed by atoms with Crippen LogP contribution in [-0.2, 0) is 52.3 Å². The minimum atomic E-state index is -1.87. The average Bonchev–Trinajstić information content (AvgIpc) is 1.29. The Bertz CT molecular complexity index is 2300. The number of aldehydes is 1. The van der Waals surface area contributed by atoms with Crippen molar-refractivity contribution in [2.75, 3.05) is 33.0 Å². The van der Waals surface area contributed by atoms with E-state index < -0.39 is 190 Å². The van der Waals surface area contributed by atoms with Gasteiger partial charge >= 0.3 is 0 Å². The fourth-order valence-corrected chi connectivity index (χ4v) is 19.6. The molecule has 84 heavy (non-hydrogen) atoms. The van der Waals surface area contributed by atoms with Crippen molar-refractivity contribution in [1.29, 1.82) is 0 Å². The van der Waals surface area contributed by atoms with Gasteiger partial charge in [-0.3, -0.25) is 5.26 Å². The van der Waals surface area contributed by atoms with Crippen LogP contribution in [0.5, 0.6) is 0 Å². The van der Waals surface area contributed by atoms with Crippen molar-refractivity contribution in [3.8, 4) is 0 Å². The molecule has 4 saturated heterocycles. The number of ether oxygens (including phenoxy) is 9. The Balaban J connectivity index is 0.846. The number of aliphatic hydroxyl groups excluding tert-OH is 13. The maximum Gasteiger partial charge on any atom is 0.187 e. The van der Waals surface area contributed by atoms with Crippen LogP contribution in [0.25, 0.3) is 0 Å². The Kier molecular flexibility index (Phi) is 17.9. The van der Waals surface area contributed by atoms with E-state index in [1.54, 1.807) is 0 Å². The molecular formula is C59H96O25. The molecule has 0 amide bonds. The lowest BCUT2D eigenvalue weighted by atomic mass is 9.30. The number of carbonyl (C=O) groups excluding carboxylic acids is 1. The number of carbonyl (C=O) groups is 1. The van der Waals surface area contributed by atoms with Crippen LogP contribution in [-0.4, -0.2) is 258 Å². The average molecular weight is 1210 g/mol. The summed E-state index contributed by atoms with van der Waals surface area (Å²) in [7, 11) is 0. The van der Waals surface area contributed by atoms with E-state index in [0.717, 1.165) is 51.2 Å². The first kappa shape index (κ1) is 64.2. The molecule has 0 aromatic heterocycles. The normalized spacial score (nSPS) is 57.3. The van der Waals surface area contributed by atoms with E-state index in [-0.39, 0.29) is 58.7 Å². The van der Waals surface area contributed by atoms with Crippen molar-refractivity contribution in [2.24, 2.45) is 56.2 Å². The third-order valence-electron chi connectivity index (χ3n) is 24.7. The topological polar surface area (TPSA) is 393 Å². The van der Waals surface area contributed by atoms with Gasteiger partial charge in [0.2, 0.25) is 0 Å². The second-order valence-electron chi connectivity index (χ2n) is 29.2. The smallest absolute Gasteiger partial charge is 0.187 e. The molecule has 0 aromatic rings. The van der Waals surface area contributed by atoms with Crippen LogP contribution in [0.2, 0.25) is 0 Å². The molecular weight excluding hydrogens is 1110 g/mol. The SMILES string of the molecule is CC1(C)C2CC[C@]3(C)C(CCC45OCC6(CC[C@](C)(C=O)CC64)[C@H](O)C[C@]53C)[C@@]2(C)CC[C@@H]1OC1OCC(OC2OC(CO)C(O)C(O)C2OC2OCC(O)C(O)C2O)C(O)C1OC1CC(O)C(OC2CC(CO)C(O)C(O)C2O)C(OO)C1. The molecule has 4 heterocycles. The molecule has 11 aliphatic rings. The first-order valence-corrected chi connectivity index (χ1v) is 30.9. The molecule has 11 rings (SSSR count). The quantitative estimate of drug-likeness (QED) is 0.0409. The van der Waals surface area contributed by atoms with Crippen LogP contribution in [0.1, 0.15) is 125 Å². The van der Waals surface area contributed by atoms with Crippen LogP contribution >= 0.6 is 0 Å². The first-order valence-electron chi connectivity index (χ1n) is 30.9. The lowest BCUT2D eigenvalue weighted by Gasteiger charge is -2.75. The van der Waals surface area contributed by atoms with Gasteiger partial charge in [0.15, 0.2) is 18.9 Å². The fraction of sp³-hybridized carbons (Fsp3) is 0.983. The van der Waals surface area contributed by atoms with Gasteiger partial charge < -0.3 is 114 Å². The Morgan fingerprint density at radius 2 is 1.26 bits per heavy atom. The predicted octanol–water partition coefficient (Wildman–Crippen LogP) is -1.46. The minimum absolute atomic E-state index is 0.0612. The molecule has 11 fully saturated rings. The van der Waals surface area contributed by atoms with Gasteiger partial charge in [-0.25, -0.2) is 4.89 Å². The molecule has 25 heteroatoms. The molecule has 27 unspecified atom stereocenters. The number of aliphatic hydroxyl groups is 13. The van der Waals surface area contributed by atoms with Gasteiger partial charge in [0.1, 0.15) is 91.7 Å². The zero-order valence-corrected chi connectivity index (χ0v) is 49.1. The Morgan fingerprint density at radius 3 is 1.96 bits per heavy atom. The standard InChI is InChI=1S/C59H96O25/c1-53(2)34-7-11-56(5)35(8-12-59-36-18-54(3,24-62)13-14-58(36,25-77-59)37(65)19-57(56,59)6)55(34,4)10-9-38(53)82-51-48(78-27-16-28(63)47(31(17-27)84-74)79-30-15-26(20-60)39(66)44(71)41(30)68)43(70)33(23-76-51)81-52-49(45(72)42(69)32(21-61)80-52)83-50-46(73)40(67)29(64)22-75-50/h24,26-52,60-61,63-74H,7-23,25H2,1-6H3/t26?,27?,28?,29?,30?,31?,32?,33?,34?,35?,36?,37-,38+,39?,40?,41?,42?,43?,44?,45?,46?,47?,48?,49?,50?,51?,52?,54+,55+,56-,57+,58?,59?/m1/s1. The maximum atomic E-state index is 12.6. The van der Waals surface area contributed by atoms with Gasteiger partial charge in [-0.15, -0.1) is 0 Å². The molecule has 482 valence electrons. The van der Waals surface area contributed by atoms with Crippen molar-refractivity contribution in [1.82, 2.24) is 0 Å². The highest BCUT2D eigenvalue weighted by molar-refractivity contribution is 5.59. The molecule has 33 atom stereocenters. The lowest BCUT2D eigenvalue weighted by molar-refractivity contribution is -0.382. The molecule has 1 spiro atoms. The van der Waals surface area contributed by atoms with E-state index in [2.05, 4.69) is 41.5 Å². The van der Waals surface area contributed by atoms with E-state index >= 15 is 0 Å². The van der Waals surface area contributed by atoms with Gasteiger partial charge in [0, 0.05) is 41.6 Å². The Morgan fingerprint density at radius 1 is 0.548 bits per heavy atom. The Labute approximate surface area is 489 Å². The van der Waals surface area contributed by atoms with Crippen LogP contribution in [0, 0.1) is 56.2 Å². The minimum Gasteiger partial charge on any atom is -0.396 e. The summed E-state index contributed by atoms with van der Waals surface area (Å²) in [6.07, 6.45) is -24.9. The highest BCUT2D eigenvalue weighted by Crippen LogP contribution is 2.80. The highest BCUT2D eigenvalue weighted by atomic mass is 17.1. The largest absolute Gasteiger partial charge is 0.396 e. The number of rotatable bonds is 14. The fourth-order valence-electron chi connectivity index (χ4n) is 19.6. The number of fused-ring (bicyclic) bond motifs is 4. The van der Waals surface area contributed by atoms with Crippen LogP contribution in [0.3, 0.4) is 0 Å². The summed E-state index contributed by atoms with van der Waals surface area (Å²) in [6, 6.07) is 0. The Hall–Kier alpha value is -1.29. The van der Waals surface area contributed by atoms with Gasteiger partial charge in [-0.2, -0.15) is 0 Å². The van der Waals surface area contributed by atoms with Gasteiger partial charge in [0.05, 0.1) is 68.7 Å². The third kappa shape index (κ3) is 10.1. The summed E-state index contributed by atoms with van der Waals surface area (Å²) in [6.45, 7) is 12.0. The molecule has 25 nitrogen and oxygen atoms in total. The lowest BCUT2D eigenvalue weighted by Crippen LogP contribution is -2.74. The van der Waals surface area contributed by atoms with Crippen LogP contribution in [0.15, 0.2) is 0 Å². The summed E-state index contributed by atoms with van der Waals surface area (Å²) < 4.78 is 57.3.